The number of nitrogens with zero attached hydrogens (tertiary/aromatic N) is 3. The van der Waals surface area contributed by atoms with Gasteiger partial charge in [-0.15, -0.1) is 10.2 Å². The summed E-state index contributed by atoms with van der Waals surface area (Å²) in [5.41, 5.74) is 7.10. The average Bonchev–Trinajstić information content (AvgIpc) is 2.90. The van der Waals surface area contributed by atoms with E-state index in [9.17, 15) is 4.79 Å². The highest BCUT2D eigenvalue weighted by Gasteiger charge is 2.13. The number of amides is 1. The second kappa shape index (κ2) is 7.70. The van der Waals surface area contributed by atoms with E-state index in [0.717, 1.165) is 21.9 Å². The second-order valence-electron chi connectivity index (χ2n) is 5.06. The van der Waals surface area contributed by atoms with Crippen LogP contribution in [0.3, 0.4) is 0 Å². The predicted molar refractivity (Wildman–Crippen MR) is 90.9 cm³/mol. The normalized spacial score (nSPS) is 10.8. The number of nitrogens with two attached hydrogens (primary N) is 1. The first-order valence-corrected chi connectivity index (χ1v) is 8.51. The zero-order valence-corrected chi connectivity index (χ0v) is 14.9. The maximum absolute atomic E-state index is 10.9. The number of carbonyl (C=O) groups excluding carboxylic acids is 1. The van der Waals surface area contributed by atoms with Crippen molar-refractivity contribution in [3.8, 4) is 5.75 Å². The van der Waals surface area contributed by atoms with Crippen molar-refractivity contribution in [1.29, 1.82) is 0 Å². The zero-order valence-electron chi connectivity index (χ0n) is 13.3. The Hall–Kier alpha value is -1.73. The van der Waals surface area contributed by atoms with Gasteiger partial charge < -0.3 is 15.0 Å². The summed E-state index contributed by atoms with van der Waals surface area (Å²) in [6.07, 6.45) is 0. The largest absolute Gasteiger partial charge is 0.486 e. The Kier molecular flexibility index (Phi) is 5.90. The molecule has 1 aromatic carbocycles. The minimum atomic E-state index is -0.384. The highest BCUT2D eigenvalue weighted by Crippen LogP contribution is 2.26. The number of halogens is 1. The van der Waals surface area contributed by atoms with Gasteiger partial charge in [-0.2, -0.15) is 0 Å². The Morgan fingerprint density at radius 3 is 2.57 bits per heavy atom. The van der Waals surface area contributed by atoms with Crippen molar-refractivity contribution in [1.82, 2.24) is 14.8 Å². The van der Waals surface area contributed by atoms with Crippen molar-refractivity contribution in [2.45, 2.75) is 39.1 Å². The van der Waals surface area contributed by atoms with Crippen LogP contribution in [0.2, 0.25) is 5.02 Å². The highest BCUT2D eigenvalue weighted by molar-refractivity contribution is 7.99. The molecule has 0 aliphatic rings. The van der Waals surface area contributed by atoms with Gasteiger partial charge in [0.1, 0.15) is 12.4 Å². The topological polar surface area (TPSA) is 83.0 Å². The van der Waals surface area contributed by atoms with Crippen molar-refractivity contribution in [2.24, 2.45) is 5.73 Å². The van der Waals surface area contributed by atoms with Crippen LogP contribution in [0.5, 0.6) is 5.75 Å². The molecular formula is C15H19ClN4O2S. The van der Waals surface area contributed by atoms with Crippen molar-refractivity contribution in [3.05, 3.63) is 34.1 Å². The van der Waals surface area contributed by atoms with Crippen LogP contribution in [0.4, 0.5) is 0 Å². The highest BCUT2D eigenvalue weighted by atomic mass is 35.5. The standard InChI is InChI=1S/C15H19ClN4O2S/c1-4-20-13(18-19-15(20)23-8-12(17)21)7-22-11-5-9(2)14(16)10(3)6-11/h5-6H,4,7-8H2,1-3H3,(H2,17,21). The Labute approximate surface area is 144 Å². The van der Waals surface area contributed by atoms with E-state index in [1.54, 1.807) is 0 Å². The van der Waals surface area contributed by atoms with Gasteiger partial charge in [-0.3, -0.25) is 4.79 Å². The number of hydrogen-bond acceptors (Lipinski definition) is 5. The lowest BCUT2D eigenvalue weighted by atomic mass is 10.1. The summed E-state index contributed by atoms with van der Waals surface area (Å²) in [6.45, 7) is 6.84. The van der Waals surface area contributed by atoms with Gasteiger partial charge >= 0.3 is 0 Å². The van der Waals surface area contributed by atoms with E-state index < -0.39 is 0 Å². The lowest BCUT2D eigenvalue weighted by molar-refractivity contribution is -0.115. The van der Waals surface area contributed by atoms with Crippen molar-refractivity contribution in [3.63, 3.8) is 0 Å². The van der Waals surface area contributed by atoms with Gasteiger partial charge in [-0.25, -0.2) is 0 Å². The van der Waals surface area contributed by atoms with Gasteiger partial charge in [-0.1, -0.05) is 23.4 Å². The van der Waals surface area contributed by atoms with Gasteiger partial charge in [0.15, 0.2) is 11.0 Å². The number of thioether (sulfide) groups is 1. The number of primary amides is 1. The van der Waals surface area contributed by atoms with E-state index in [0.29, 0.717) is 24.1 Å². The van der Waals surface area contributed by atoms with E-state index in [1.165, 1.54) is 11.8 Å². The monoisotopic (exact) mass is 354 g/mol. The minimum Gasteiger partial charge on any atom is -0.486 e. The van der Waals surface area contributed by atoms with Crippen LogP contribution in [0, 0.1) is 13.8 Å². The van der Waals surface area contributed by atoms with Gasteiger partial charge in [0.25, 0.3) is 0 Å². The van der Waals surface area contributed by atoms with Crippen LogP contribution in [0.15, 0.2) is 17.3 Å². The van der Waals surface area contributed by atoms with E-state index in [-0.39, 0.29) is 11.7 Å². The van der Waals surface area contributed by atoms with Crippen LogP contribution in [-0.2, 0) is 17.9 Å². The first-order chi connectivity index (χ1) is 10.9. The molecule has 8 heteroatoms. The number of benzene rings is 1. The summed E-state index contributed by atoms with van der Waals surface area (Å²) in [6, 6.07) is 3.79. The molecule has 1 amide bonds. The van der Waals surface area contributed by atoms with Gasteiger partial charge in [0.05, 0.1) is 5.75 Å². The number of aryl methyl sites for hydroxylation is 2. The van der Waals surface area contributed by atoms with Gasteiger partial charge in [0.2, 0.25) is 5.91 Å². The van der Waals surface area contributed by atoms with Crippen LogP contribution in [0.1, 0.15) is 23.9 Å². The fourth-order valence-electron chi connectivity index (χ4n) is 2.12. The molecule has 1 heterocycles. The van der Waals surface area contributed by atoms with Crippen molar-refractivity contribution < 1.29 is 9.53 Å². The average molecular weight is 355 g/mol. The third-order valence-corrected chi connectivity index (χ3v) is 4.82. The Bertz CT molecular complexity index is 694. The molecule has 2 aromatic rings. The maximum atomic E-state index is 10.9. The molecule has 0 aliphatic heterocycles. The van der Waals surface area contributed by atoms with E-state index in [1.807, 2.05) is 37.5 Å². The van der Waals surface area contributed by atoms with E-state index in [4.69, 9.17) is 22.1 Å². The van der Waals surface area contributed by atoms with Crippen LogP contribution in [0.25, 0.3) is 0 Å². The number of rotatable bonds is 7. The number of ether oxygens (including phenoxy) is 1. The molecule has 0 fully saturated rings. The summed E-state index contributed by atoms with van der Waals surface area (Å²) in [5.74, 6) is 1.23. The van der Waals surface area contributed by atoms with Crippen molar-refractivity contribution in [2.75, 3.05) is 5.75 Å². The first-order valence-electron chi connectivity index (χ1n) is 7.15. The summed E-state index contributed by atoms with van der Waals surface area (Å²) < 4.78 is 7.71. The van der Waals surface area contributed by atoms with Crippen molar-refractivity contribution >= 4 is 29.3 Å². The van der Waals surface area contributed by atoms with Gasteiger partial charge in [-0.05, 0) is 44.0 Å². The molecule has 0 unspecified atom stereocenters. The molecule has 0 aliphatic carbocycles. The molecule has 1 aromatic heterocycles. The first kappa shape index (κ1) is 17.6. The predicted octanol–water partition coefficient (Wildman–Crippen LogP) is 2.72. The molecule has 0 spiro atoms. The molecule has 6 nitrogen and oxygen atoms in total. The molecule has 0 radical (unpaired) electrons. The van der Waals surface area contributed by atoms with Gasteiger partial charge in [0, 0.05) is 11.6 Å². The fraction of sp³-hybridized carbons (Fsp3) is 0.400. The molecule has 2 rings (SSSR count). The summed E-state index contributed by atoms with van der Waals surface area (Å²) >= 11 is 7.43. The minimum absolute atomic E-state index is 0.175. The summed E-state index contributed by atoms with van der Waals surface area (Å²) in [4.78, 5) is 10.9. The maximum Gasteiger partial charge on any atom is 0.227 e. The van der Waals surface area contributed by atoms with Crippen LogP contribution >= 0.6 is 23.4 Å². The van der Waals surface area contributed by atoms with E-state index >= 15 is 0 Å². The molecule has 0 saturated carbocycles. The molecule has 23 heavy (non-hydrogen) atoms. The lowest BCUT2D eigenvalue weighted by Gasteiger charge is -2.11. The zero-order chi connectivity index (χ0) is 17.0. The second-order valence-corrected chi connectivity index (χ2v) is 6.38. The Balaban J connectivity index is 2.10. The number of aromatic nitrogens is 3. The quantitative estimate of drug-likeness (QED) is 0.773. The number of carbonyl (C=O) groups is 1. The molecular weight excluding hydrogens is 336 g/mol. The molecule has 0 bridgehead atoms. The molecule has 124 valence electrons. The molecule has 0 atom stereocenters. The summed E-state index contributed by atoms with van der Waals surface area (Å²) in [5, 5.41) is 9.63. The molecule has 0 saturated heterocycles. The summed E-state index contributed by atoms with van der Waals surface area (Å²) in [7, 11) is 0. The molecule has 2 N–H and O–H groups in total. The van der Waals surface area contributed by atoms with E-state index in [2.05, 4.69) is 10.2 Å². The Morgan fingerprint density at radius 2 is 2.00 bits per heavy atom. The lowest BCUT2D eigenvalue weighted by Crippen LogP contribution is -2.14. The number of hydrogen-bond donors (Lipinski definition) is 1. The Morgan fingerprint density at radius 1 is 1.35 bits per heavy atom. The van der Waals surface area contributed by atoms with Crippen LogP contribution < -0.4 is 10.5 Å². The fourth-order valence-corrected chi connectivity index (χ4v) is 2.99. The third kappa shape index (κ3) is 4.39. The SMILES string of the molecule is CCn1c(COc2cc(C)c(Cl)c(C)c2)nnc1SCC(N)=O. The third-order valence-electron chi connectivity index (χ3n) is 3.23. The smallest absolute Gasteiger partial charge is 0.227 e. The van der Waals surface area contributed by atoms with Crippen LogP contribution in [-0.4, -0.2) is 26.4 Å².